The first-order valence-electron chi connectivity index (χ1n) is 7.84. The normalized spacial score (nSPS) is 24.1. The van der Waals surface area contributed by atoms with Crippen molar-refractivity contribution < 1.29 is 22.7 Å². The summed E-state index contributed by atoms with van der Waals surface area (Å²) in [7, 11) is 0. The topological polar surface area (TPSA) is 20.2 Å². The van der Waals surface area contributed by atoms with E-state index in [1.165, 1.54) is 12.1 Å². The lowest BCUT2D eigenvalue weighted by atomic mass is 9.78. The van der Waals surface area contributed by atoms with Crippen LogP contribution in [-0.2, 0) is 6.42 Å². The molecule has 1 aliphatic carbocycles. The zero-order valence-electron chi connectivity index (χ0n) is 12.8. The number of aryl methyl sites for hydroxylation is 1. The molecule has 1 nitrogen and oxygen atoms in total. The molecule has 1 aliphatic heterocycles. The van der Waals surface area contributed by atoms with Gasteiger partial charge in [-0.3, -0.25) is 0 Å². The summed E-state index contributed by atoms with van der Waals surface area (Å²) in [6, 6.07) is 5.23. The van der Waals surface area contributed by atoms with Gasteiger partial charge in [-0.25, -0.2) is 8.78 Å². The third kappa shape index (κ3) is 2.66. The number of rotatable bonds is 1. The van der Waals surface area contributed by atoms with E-state index in [2.05, 4.69) is 0 Å². The van der Waals surface area contributed by atoms with Gasteiger partial charge in [0.25, 0.3) is 0 Å². The molecule has 1 heterocycles. The number of benzene rings is 2. The molecule has 2 unspecified atom stereocenters. The van der Waals surface area contributed by atoms with Crippen molar-refractivity contribution in [2.24, 2.45) is 0 Å². The number of aliphatic hydroxyl groups is 1. The van der Waals surface area contributed by atoms with E-state index in [0.29, 0.717) is 36.0 Å². The van der Waals surface area contributed by atoms with E-state index in [4.69, 9.17) is 11.6 Å². The lowest BCUT2D eigenvalue weighted by Gasteiger charge is -2.28. The lowest BCUT2D eigenvalue weighted by molar-refractivity contribution is -0.0310. The van der Waals surface area contributed by atoms with Crippen LogP contribution in [0.1, 0.15) is 47.1 Å². The van der Waals surface area contributed by atoms with Crippen LogP contribution in [0.3, 0.4) is 0 Å². The molecule has 1 N–H and O–H groups in total. The van der Waals surface area contributed by atoms with Crippen molar-refractivity contribution in [3.05, 3.63) is 63.2 Å². The third-order valence-electron chi connectivity index (χ3n) is 4.85. The maximum Gasteiger partial charge on any atom is 0.327 e. The average Bonchev–Trinajstić information content (AvgIpc) is 2.77. The van der Waals surface area contributed by atoms with Crippen molar-refractivity contribution in [1.82, 2.24) is 0 Å². The second-order valence-electron chi connectivity index (χ2n) is 6.35. The van der Waals surface area contributed by atoms with Gasteiger partial charge in [-0.05, 0) is 59.8 Å². The van der Waals surface area contributed by atoms with Crippen molar-refractivity contribution in [2.45, 2.75) is 41.4 Å². The highest BCUT2D eigenvalue weighted by Crippen LogP contribution is 2.57. The Morgan fingerprint density at radius 2 is 1.92 bits per heavy atom. The van der Waals surface area contributed by atoms with Gasteiger partial charge in [-0.15, -0.1) is 0 Å². The molecule has 0 bridgehead atoms. The number of thioether (sulfide) groups is 1. The molecule has 25 heavy (non-hydrogen) atoms. The maximum atomic E-state index is 14.4. The minimum atomic E-state index is -3.34. The van der Waals surface area contributed by atoms with E-state index >= 15 is 0 Å². The molecule has 2 aromatic rings. The quantitative estimate of drug-likeness (QED) is 0.621. The van der Waals surface area contributed by atoms with Crippen molar-refractivity contribution in [3.63, 3.8) is 0 Å². The average molecular weight is 389 g/mol. The Morgan fingerprint density at radius 1 is 1.16 bits per heavy atom. The summed E-state index contributed by atoms with van der Waals surface area (Å²) in [6.07, 6.45) is -0.157. The Bertz CT molecular complexity index is 871. The van der Waals surface area contributed by atoms with Crippen LogP contribution in [0.25, 0.3) is 0 Å². The van der Waals surface area contributed by atoms with Crippen LogP contribution in [0.4, 0.5) is 17.6 Å². The van der Waals surface area contributed by atoms with E-state index in [0.717, 1.165) is 6.07 Å². The predicted molar refractivity (Wildman–Crippen MR) is 88.4 cm³/mol. The number of hydrogen-bond acceptors (Lipinski definition) is 2. The Balaban J connectivity index is 1.86. The smallest absolute Gasteiger partial charge is 0.327 e. The van der Waals surface area contributed by atoms with Gasteiger partial charge >= 0.3 is 5.25 Å². The molecule has 2 atom stereocenters. The molecule has 0 fully saturated rings. The van der Waals surface area contributed by atoms with Crippen LogP contribution in [0.5, 0.6) is 0 Å². The van der Waals surface area contributed by atoms with Crippen LogP contribution in [0, 0.1) is 11.6 Å². The minimum Gasteiger partial charge on any atom is -0.381 e. The van der Waals surface area contributed by atoms with E-state index in [-0.39, 0.29) is 27.2 Å². The largest absolute Gasteiger partial charge is 0.381 e. The first kappa shape index (κ1) is 17.2. The fraction of sp³-hybridized carbons (Fsp3) is 0.333. The molecule has 7 heteroatoms. The number of fused-ring (bicyclic) bond motifs is 2. The van der Waals surface area contributed by atoms with Crippen LogP contribution in [0.15, 0.2) is 29.2 Å². The van der Waals surface area contributed by atoms with Gasteiger partial charge < -0.3 is 5.11 Å². The molecule has 0 amide bonds. The van der Waals surface area contributed by atoms with E-state index in [1.54, 1.807) is 6.07 Å². The summed E-state index contributed by atoms with van der Waals surface area (Å²) in [6.45, 7) is 0. The molecule has 4 rings (SSSR count). The van der Waals surface area contributed by atoms with Gasteiger partial charge in [-0.2, -0.15) is 8.78 Å². The van der Waals surface area contributed by atoms with Gasteiger partial charge in [0, 0.05) is 22.4 Å². The fourth-order valence-corrected chi connectivity index (χ4v) is 5.20. The Hall–Kier alpha value is -1.24. The zero-order chi connectivity index (χ0) is 17.9. The molecule has 0 aromatic heterocycles. The molecule has 2 aliphatic rings. The molecular weight excluding hydrogens is 376 g/mol. The fourth-order valence-electron chi connectivity index (χ4n) is 3.76. The highest BCUT2D eigenvalue weighted by atomic mass is 35.5. The van der Waals surface area contributed by atoms with Crippen molar-refractivity contribution in [3.8, 4) is 0 Å². The van der Waals surface area contributed by atoms with Crippen LogP contribution in [-0.4, -0.2) is 10.4 Å². The molecule has 2 aromatic carbocycles. The monoisotopic (exact) mass is 388 g/mol. The van der Waals surface area contributed by atoms with Gasteiger partial charge in [0.1, 0.15) is 11.6 Å². The standard InChI is InChI=1S/C18H13ClF4OS/c19-16-11(4-5-13-15(16)17(24)18(22,23)25-13)10-3-1-2-8-6-9(20)7-12(21)14(8)10/h4-7,10,17,24H,1-3H2. The van der Waals surface area contributed by atoms with E-state index in [1.807, 2.05) is 0 Å². The summed E-state index contributed by atoms with van der Waals surface area (Å²) in [5.41, 5.74) is 1.42. The van der Waals surface area contributed by atoms with Crippen LogP contribution >= 0.6 is 23.4 Å². The van der Waals surface area contributed by atoms with Gasteiger partial charge in [0.2, 0.25) is 0 Å². The van der Waals surface area contributed by atoms with Gasteiger partial charge in [-0.1, -0.05) is 17.7 Å². The highest BCUT2D eigenvalue weighted by molar-refractivity contribution is 8.00. The molecule has 132 valence electrons. The van der Waals surface area contributed by atoms with Crippen molar-refractivity contribution in [1.29, 1.82) is 0 Å². The third-order valence-corrected chi connectivity index (χ3v) is 6.34. The minimum absolute atomic E-state index is 0.0104. The number of aliphatic hydroxyl groups excluding tert-OH is 1. The van der Waals surface area contributed by atoms with Crippen molar-refractivity contribution >= 4 is 23.4 Å². The molecular formula is C18H13ClF4OS. The summed E-state index contributed by atoms with van der Waals surface area (Å²) >= 11 is 6.63. The molecule has 0 spiro atoms. The predicted octanol–water partition coefficient (Wildman–Crippen LogP) is 5.82. The van der Waals surface area contributed by atoms with Gasteiger partial charge in [0.15, 0.2) is 6.10 Å². The Morgan fingerprint density at radius 3 is 2.68 bits per heavy atom. The number of alkyl halides is 2. The summed E-state index contributed by atoms with van der Waals surface area (Å²) in [4.78, 5) is 0.224. The maximum absolute atomic E-state index is 14.4. The molecule has 0 saturated carbocycles. The molecule has 0 radical (unpaired) electrons. The second-order valence-corrected chi connectivity index (χ2v) is 7.92. The van der Waals surface area contributed by atoms with Gasteiger partial charge in [0.05, 0.1) is 5.02 Å². The number of hydrogen-bond donors (Lipinski definition) is 1. The van der Waals surface area contributed by atoms with E-state index in [9.17, 15) is 22.7 Å². The van der Waals surface area contributed by atoms with Crippen molar-refractivity contribution in [2.75, 3.05) is 0 Å². The first-order valence-corrected chi connectivity index (χ1v) is 9.04. The second kappa shape index (κ2) is 5.89. The summed E-state index contributed by atoms with van der Waals surface area (Å²) in [5, 5.41) is 6.61. The van der Waals surface area contributed by atoms with E-state index < -0.39 is 28.9 Å². The Labute approximate surface area is 151 Å². The summed E-state index contributed by atoms with van der Waals surface area (Å²) in [5.74, 6) is -1.74. The lowest BCUT2D eigenvalue weighted by Crippen LogP contribution is -2.17. The summed E-state index contributed by atoms with van der Waals surface area (Å²) < 4.78 is 55.5. The number of halogens is 5. The zero-order valence-corrected chi connectivity index (χ0v) is 14.4. The Kier molecular flexibility index (Phi) is 4.05. The van der Waals surface area contributed by atoms with Crippen LogP contribution < -0.4 is 0 Å². The SMILES string of the molecule is OC1c2c(ccc(C3CCCc4cc(F)cc(F)c43)c2Cl)SC1(F)F. The first-order chi connectivity index (χ1) is 11.8. The molecule has 0 saturated heterocycles. The highest BCUT2D eigenvalue weighted by Gasteiger charge is 2.49. The van der Waals surface area contributed by atoms with Crippen LogP contribution in [0.2, 0.25) is 5.02 Å².